The predicted molar refractivity (Wildman–Crippen MR) is 186 cm³/mol. The fourth-order valence-corrected chi connectivity index (χ4v) is 4.90. The first-order valence-electron chi connectivity index (χ1n) is 17.2. The van der Waals surface area contributed by atoms with Crippen LogP contribution >= 0.6 is 0 Å². The van der Waals surface area contributed by atoms with Gasteiger partial charge in [-0.05, 0) is 72.4 Å². The van der Waals surface area contributed by atoms with Crippen LogP contribution in [0.4, 0.5) is 14.4 Å². The van der Waals surface area contributed by atoms with E-state index in [4.69, 9.17) is 14.2 Å². The molecule has 1 saturated heterocycles. The smallest absolute Gasteiger partial charge is 0.410 e. The maximum absolute atomic E-state index is 13.2. The topological polar surface area (TPSA) is 142 Å². The number of benzene rings is 1. The SMILES string of the molecule is CC(C)C[C@H](NC(=O)OCc1ccccc1)C(=O)NCCCN1CCNCCN(C(=O)OC(C)(C)C)CCN(C(=O)OC(C)(C)C)CC1. The van der Waals surface area contributed by atoms with E-state index in [0.717, 1.165) is 5.56 Å². The van der Waals surface area contributed by atoms with Crippen molar-refractivity contribution in [2.45, 2.75) is 92.1 Å². The van der Waals surface area contributed by atoms with Crippen molar-refractivity contribution in [2.75, 3.05) is 65.4 Å². The van der Waals surface area contributed by atoms with Crippen molar-refractivity contribution >= 4 is 24.2 Å². The molecule has 0 aromatic heterocycles. The number of nitrogens with one attached hydrogen (secondary N) is 3. The molecule has 0 bridgehead atoms. The van der Waals surface area contributed by atoms with Gasteiger partial charge < -0.3 is 44.9 Å². The maximum atomic E-state index is 13.2. The second-order valence-electron chi connectivity index (χ2n) is 14.6. The van der Waals surface area contributed by atoms with E-state index in [9.17, 15) is 19.2 Å². The van der Waals surface area contributed by atoms with Crippen LogP contribution in [0.2, 0.25) is 0 Å². The van der Waals surface area contributed by atoms with Gasteiger partial charge in [0.05, 0.1) is 0 Å². The highest BCUT2D eigenvalue weighted by atomic mass is 16.6. The molecule has 3 N–H and O–H groups in total. The molecule has 0 aliphatic carbocycles. The summed E-state index contributed by atoms with van der Waals surface area (Å²) in [5.74, 6) is -0.0597. The van der Waals surface area contributed by atoms with Crippen LogP contribution in [-0.2, 0) is 25.6 Å². The van der Waals surface area contributed by atoms with Gasteiger partial charge in [-0.3, -0.25) is 4.79 Å². The van der Waals surface area contributed by atoms with Gasteiger partial charge in [-0.2, -0.15) is 0 Å². The molecule has 2 rings (SSSR count). The molecule has 1 fully saturated rings. The Morgan fingerprint density at radius 3 is 1.96 bits per heavy atom. The zero-order valence-corrected chi connectivity index (χ0v) is 30.4. The second-order valence-corrected chi connectivity index (χ2v) is 14.6. The monoisotopic (exact) mass is 676 g/mol. The number of hydrogen-bond donors (Lipinski definition) is 3. The summed E-state index contributed by atoms with van der Waals surface area (Å²) in [5, 5.41) is 9.11. The van der Waals surface area contributed by atoms with E-state index in [1.54, 1.807) is 9.80 Å². The summed E-state index contributed by atoms with van der Waals surface area (Å²) in [7, 11) is 0. The number of alkyl carbamates (subject to hydrolysis) is 1. The number of ether oxygens (including phenoxy) is 3. The van der Waals surface area contributed by atoms with Gasteiger partial charge in [0.2, 0.25) is 5.91 Å². The fourth-order valence-electron chi connectivity index (χ4n) is 4.90. The van der Waals surface area contributed by atoms with Crippen molar-refractivity contribution in [3.8, 4) is 0 Å². The van der Waals surface area contributed by atoms with Crippen molar-refractivity contribution in [3.63, 3.8) is 0 Å². The Morgan fingerprint density at radius 2 is 1.38 bits per heavy atom. The van der Waals surface area contributed by atoms with Crippen molar-refractivity contribution in [2.24, 2.45) is 5.92 Å². The molecule has 272 valence electrons. The lowest BCUT2D eigenvalue weighted by Gasteiger charge is -2.33. The first-order chi connectivity index (χ1) is 22.5. The van der Waals surface area contributed by atoms with Crippen LogP contribution in [-0.4, -0.2) is 122 Å². The molecular weight excluding hydrogens is 616 g/mol. The van der Waals surface area contributed by atoms with E-state index in [2.05, 4.69) is 20.9 Å². The zero-order valence-electron chi connectivity index (χ0n) is 30.4. The zero-order chi connectivity index (χ0) is 35.7. The number of carbonyl (C=O) groups excluding carboxylic acids is 4. The minimum atomic E-state index is -0.707. The van der Waals surface area contributed by atoms with Gasteiger partial charge in [-0.25, -0.2) is 14.4 Å². The lowest BCUT2D eigenvalue weighted by molar-refractivity contribution is -0.123. The van der Waals surface area contributed by atoms with E-state index in [0.29, 0.717) is 78.3 Å². The van der Waals surface area contributed by atoms with Gasteiger partial charge in [0.1, 0.15) is 23.9 Å². The minimum Gasteiger partial charge on any atom is -0.445 e. The normalized spacial score (nSPS) is 16.3. The summed E-state index contributed by atoms with van der Waals surface area (Å²) < 4.78 is 16.6. The molecule has 0 unspecified atom stereocenters. The Bertz CT molecular complexity index is 1140. The van der Waals surface area contributed by atoms with Crippen LogP contribution < -0.4 is 16.0 Å². The second kappa shape index (κ2) is 20.1. The van der Waals surface area contributed by atoms with Gasteiger partial charge in [0.15, 0.2) is 0 Å². The van der Waals surface area contributed by atoms with Crippen molar-refractivity contribution in [1.29, 1.82) is 0 Å². The highest BCUT2D eigenvalue weighted by molar-refractivity contribution is 5.85. The third-order valence-corrected chi connectivity index (χ3v) is 7.27. The maximum Gasteiger partial charge on any atom is 0.410 e. The summed E-state index contributed by atoms with van der Waals surface area (Å²) >= 11 is 0. The van der Waals surface area contributed by atoms with Crippen LogP contribution in [0.3, 0.4) is 0 Å². The molecule has 4 amide bonds. The molecule has 1 atom stereocenters. The van der Waals surface area contributed by atoms with Gasteiger partial charge in [0.25, 0.3) is 0 Å². The molecule has 1 aromatic rings. The van der Waals surface area contributed by atoms with Crippen LogP contribution in [0, 0.1) is 5.92 Å². The van der Waals surface area contributed by atoms with Gasteiger partial charge in [0, 0.05) is 58.9 Å². The summed E-state index contributed by atoms with van der Waals surface area (Å²) in [6, 6.07) is 8.68. The van der Waals surface area contributed by atoms with Crippen LogP contribution in [0.5, 0.6) is 0 Å². The predicted octanol–water partition coefficient (Wildman–Crippen LogP) is 4.21. The lowest BCUT2D eigenvalue weighted by atomic mass is 10.0. The van der Waals surface area contributed by atoms with E-state index in [-0.39, 0.29) is 18.4 Å². The molecule has 0 spiro atoms. The summed E-state index contributed by atoms with van der Waals surface area (Å²) in [6.07, 6.45) is -0.313. The van der Waals surface area contributed by atoms with Crippen molar-refractivity contribution in [1.82, 2.24) is 30.7 Å². The molecule has 1 aromatic carbocycles. The van der Waals surface area contributed by atoms with E-state index in [1.807, 2.05) is 85.7 Å². The van der Waals surface area contributed by atoms with Gasteiger partial charge >= 0.3 is 18.3 Å². The number of hydrogen-bond acceptors (Lipinski definition) is 9. The molecule has 1 heterocycles. The summed E-state index contributed by atoms with van der Waals surface area (Å²) in [4.78, 5) is 57.1. The Labute approximate surface area is 287 Å². The van der Waals surface area contributed by atoms with E-state index in [1.165, 1.54) is 0 Å². The first kappa shape index (κ1) is 40.6. The van der Waals surface area contributed by atoms with Gasteiger partial charge in [-0.1, -0.05) is 44.2 Å². The Hall–Kier alpha value is -3.58. The quantitative estimate of drug-likeness (QED) is 0.246. The van der Waals surface area contributed by atoms with Crippen LogP contribution in [0.25, 0.3) is 0 Å². The average molecular weight is 677 g/mol. The molecule has 0 radical (unpaired) electrons. The molecule has 1 aliphatic rings. The number of nitrogens with zero attached hydrogens (tertiary/aromatic N) is 3. The average Bonchev–Trinajstić information content (AvgIpc) is 2.97. The molecule has 1 aliphatic heterocycles. The number of carbonyl (C=O) groups is 4. The minimum absolute atomic E-state index is 0.126. The molecule has 13 heteroatoms. The Balaban J connectivity index is 1.95. The fraction of sp³-hybridized carbons (Fsp3) is 0.714. The highest BCUT2D eigenvalue weighted by Crippen LogP contribution is 2.13. The molecular formula is C35H60N6O7. The summed E-state index contributed by atoms with van der Waals surface area (Å²) in [6.45, 7) is 20.3. The molecule has 13 nitrogen and oxygen atoms in total. The summed E-state index contributed by atoms with van der Waals surface area (Å²) in [5.41, 5.74) is -0.417. The number of rotatable bonds is 10. The van der Waals surface area contributed by atoms with Crippen molar-refractivity contribution < 1.29 is 33.4 Å². The largest absolute Gasteiger partial charge is 0.445 e. The van der Waals surface area contributed by atoms with E-state index >= 15 is 0 Å². The van der Waals surface area contributed by atoms with Gasteiger partial charge in [-0.15, -0.1) is 0 Å². The third-order valence-electron chi connectivity index (χ3n) is 7.27. The van der Waals surface area contributed by atoms with Crippen molar-refractivity contribution in [3.05, 3.63) is 35.9 Å². The Morgan fingerprint density at radius 1 is 0.812 bits per heavy atom. The first-order valence-corrected chi connectivity index (χ1v) is 17.2. The standard InChI is InChI=1S/C35H60N6O7/c1-27(2)25-29(38-31(43)46-26-28-13-10-9-11-14-28)30(42)37-15-12-18-39-19-16-36-17-20-40(32(44)47-34(3,4)5)23-24-41(22-21-39)33(45)48-35(6,7)8/h9-11,13-14,27,29,36H,12,15-26H2,1-8H3,(H,37,42)(H,38,43)/t29-/m0/s1. The highest BCUT2D eigenvalue weighted by Gasteiger charge is 2.27. The third kappa shape index (κ3) is 17.5. The van der Waals surface area contributed by atoms with Crippen LogP contribution in [0.1, 0.15) is 73.8 Å². The molecule has 0 saturated carbocycles. The Kier molecular flexibility index (Phi) is 17.0. The van der Waals surface area contributed by atoms with Crippen LogP contribution in [0.15, 0.2) is 30.3 Å². The molecule has 48 heavy (non-hydrogen) atoms. The number of amides is 4. The lowest BCUT2D eigenvalue weighted by Crippen LogP contribution is -2.50. The van der Waals surface area contributed by atoms with E-state index < -0.39 is 35.5 Å².